The van der Waals surface area contributed by atoms with Gasteiger partial charge in [0.2, 0.25) is 0 Å². The average Bonchev–Trinajstić information content (AvgIpc) is 3.52. The zero-order chi connectivity index (χ0) is 24.8. The molecule has 1 N–H and O–H groups in total. The van der Waals surface area contributed by atoms with Gasteiger partial charge in [-0.3, -0.25) is 9.36 Å². The van der Waals surface area contributed by atoms with Gasteiger partial charge < -0.3 is 10.1 Å². The van der Waals surface area contributed by atoms with Crippen molar-refractivity contribution in [3.63, 3.8) is 0 Å². The highest BCUT2D eigenvalue weighted by atomic mass is 32.2. The fourth-order valence-corrected chi connectivity index (χ4v) is 4.90. The van der Waals surface area contributed by atoms with Gasteiger partial charge in [0.25, 0.3) is 5.91 Å². The summed E-state index contributed by atoms with van der Waals surface area (Å²) in [6.07, 6.45) is -4.47. The molecule has 182 valence electrons. The summed E-state index contributed by atoms with van der Waals surface area (Å²) in [5.74, 6) is 0.704. The second-order valence-corrected chi connectivity index (χ2v) is 9.29. The molecule has 0 fully saturated rings. The van der Waals surface area contributed by atoms with E-state index in [2.05, 4.69) is 15.5 Å². The molecule has 0 aliphatic heterocycles. The van der Waals surface area contributed by atoms with Crippen LogP contribution in [0, 0.1) is 0 Å². The van der Waals surface area contributed by atoms with Crippen LogP contribution in [0.15, 0.2) is 71.2 Å². The molecule has 0 aliphatic carbocycles. The monoisotopic (exact) mass is 518 g/mol. The maximum absolute atomic E-state index is 13.4. The van der Waals surface area contributed by atoms with Gasteiger partial charge in [0.15, 0.2) is 11.0 Å². The highest BCUT2D eigenvalue weighted by Crippen LogP contribution is 2.35. The topological polar surface area (TPSA) is 69.0 Å². The number of aromatic nitrogens is 3. The molecule has 0 bridgehead atoms. The summed E-state index contributed by atoms with van der Waals surface area (Å²) in [6, 6.07) is 16.0. The van der Waals surface area contributed by atoms with Crippen molar-refractivity contribution in [3.05, 3.63) is 82.7 Å². The Labute approximate surface area is 208 Å². The fraction of sp³-hybridized carbons (Fsp3) is 0.208. The van der Waals surface area contributed by atoms with Crippen molar-refractivity contribution < 1.29 is 22.7 Å². The van der Waals surface area contributed by atoms with E-state index in [1.54, 1.807) is 35.9 Å². The summed E-state index contributed by atoms with van der Waals surface area (Å²) in [5, 5.41) is 13.6. The van der Waals surface area contributed by atoms with E-state index in [4.69, 9.17) is 4.74 Å². The highest BCUT2D eigenvalue weighted by molar-refractivity contribution is 7.98. The molecule has 0 unspecified atom stereocenters. The van der Waals surface area contributed by atoms with Gasteiger partial charge in [0, 0.05) is 25.0 Å². The molecule has 1 amide bonds. The summed E-state index contributed by atoms with van der Waals surface area (Å²) >= 11 is 2.76. The molecule has 6 nitrogen and oxygen atoms in total. The third kappa shape index (κ3) is 6.11. The predicted molar refractivity (Wildman–Crippen MR) is 130 cm³/mol. The molecule has 0 radical (unpaired) electrons. The maximum atomic E-state index is 13.4. The van der Waals surface area contributed by atoms with Gasteiger partial charge in [-0.15, -0.1) is 21.5 Å². The van der Waals surface area contributed by atoms with Crippen LogP contribution in [0.4, 0.5) is 13.2 Å². The van der Waals surface area contributed by atoms with Gasteiger partial charge in [0.05, 0.1) is 22.7 Å². The van der Waals surface area contributed by atoms with Crippen molar-refractivity contribution in [2.45, 2.75) is 17.1 Å². The van der Waals surface area contributed by atoms with Crippen molar-refractivity contribution in [1.82, 2.24) is 20.1 Å². The van der Waals surface area contributed by atoms with Crippen LogP contribution < -0.4 is 5.32 Å². The number of rotatable bonds is 9. The number of ether oxygens (including phenoxy) is 1. The van der Waals surface area contributed by atoms with Gasteiger partial charge in [-0.05, 0) is 47.3 Å². The normalized spacial score (nSPS) is 11.5. The summed E-state index contributed by atoms with van der Waals surface area (Å²) < 4.78 is 46.7. The summed E-state index contributed by atoms with van der Waals surface area (Å²) in [7, 11) is 1.56. The number of benzene rings is 2. The van der Waals surface area contributed by atoms with Crippen LogP contribution in [0.2, 0.25) is 0 Å². The molecule has 2 aromatic heterocycles. The Hall–Kier alpha value is -3.15. The molecule has 4 aromatic rings. The second-order valence-electron chi connectivity index (χ2n) is 7.40. The second kappa shape index (κ2) is 11.1. The molecule has 11 heteroatoms. The molecule has 0 saturated carbocycles. The van der Waals surface area contributed by atoms with Crippen LogP contribution in [0.25, 0.3) is 16.4 Å². The first-order valence-electron chi connectivity index (χ1n) is 10.5. The number of amides is 1. The minimum atomic E-state index is -4.47. The number of nitrogens with zero attached hydrogens (tertiary/aromatic N) is 3. The highest BCUT2D eigenvalue weighted by Gasteiger charge is 2.31. The first kappa shape index (κ1) is 25.0. The lowest BCUT2D eigenvalue weighted by Crippen LogP contribution is -2.26. The largest absolute Gasteiger partial charge is 0.416 e. The van der Waals surface area contributed by atoms with Crippen LogP contribution in [0.1, 0.15) is 21.5 Å². The van der Waals surface area contributed by atoms with E-state index in [-0.39, 0.29) is 5.91 Å². The zero-order valence-electron chi connectivity index (χ0n) is 18.6. The molecule has 0 atom stereocenters. The van der Waals surface area contributed by atoms with Gasteiger partial charge in [0.1, 0.15) is 0 Å². The van der Waals surface area contributed by atoms with E-state index in [1.165, 1.54) is 29.2 Å². The van der Waals surface area contributed by atoms with Crippen molar-refractivity contribution in [2.75, 3.05) is 20.3 Å². The van der Waals surface area contributed by atoms with Crippen LogP contribution >= 0.6 is 23.1 Å². The predicted octanol–water partition coefficient (Wildman–Crippen LogP) is 5.68. The Morgan fingerprint density at radius 1 is 1.11 bits per heavy atom. The Morgan fingerprint density at radius 2 is 1.94 bits per heavy atom. The molecule has 35 heavy (non-hydrogen) atoms. The van der Waals surface area contributed by atoms with E-state index in [9.17, 15) is 18.0 Å². The number of hydrogen-bond acceptors (Lipinski definition) is 6. The summed E-state index contributed by atoms with van der Waals surface area (Å²) in [4.78, 5) is 13.1. The standard InChI is InChI=1S/C24H21F3N4O2S2/c1-33-11-10-28-22(32)17-6-2-5-16(13-17)15-35-23-30-29-21(20-9-4-12-34-20)31(23)19-8-3-7-18(14-19)24(25,26)27/h2-9,12-14H,10-11,15H2,1H3,(H,28,32). The van der Waals surface area contributed by atoms with E-state index in [0.29, 0.717) is 41.1 Å². The number of alkyl halides is 3. The quantitative estimate of drug-likeness (QED) is 0.228. The first-order valence-corrected chi connectivity index (χ1v) is 12.4. The van der Waals surface area contributed by atoms with Gasteiger partial charge in [-0.25, -0.2) is 0 Å². The van der Waals surface area contributed by atoms with E-state index < -0.39 is 11.7 Å². The van der Waals surface area contributed by atoms with Crippen molar-refractivity contribution in [3.8, 4) is 16.4 Å². The molecule has 2 aromatic carbocycles. The van der Waals surface area contributed by atoms with Crippen LogP contribution in [0.5, 0.6) is 0 Å². The third-order valence-electron chi connectivity index (χ3n) is 4.96. The van der Waals surface area contributed by atoms with Crippen molar-refractivity contribution >= 4 is 29.0 Å². The summed E-state index contributed by atoms with van der Waals surface area (Å²) in [6.45, 7) is 0.818. The number of carbonyl (C=O) groups is 1. The molecule has 0 aliphatic rings. The van der Waals surface area contributed by atoms with Gasteiger partial charge >= 0.3 is 6.18 Å². The lowest BCUT2D eigenvalue weighted by molar-refractivity contribution is -0.137. The number of halogens is 3. The number of hydrogen-bond donors (Lipinski definition) is 1. The van der Waals surface area contributed by atoms with E-state index in [1.807, 2.05) is 23.6 Å². The first-order chi connectivity index (χ1) is 16.9. The Morgan fingerprint density at radius 3 is 2.69 bits per heavy atom. The van der Waals surface area contributed by atoms with Gasteiger partial charge in [-0.2, -0.15) is 13.2 Å². The van der Waals surface area contributed by atoms with Crippen molar-refractivity contribution in [2.24, 2.45) is 0 Å². The molecule has 2 heterocycles. The SMILES string of the molecule is COCCNC(=O)c1cccc(CSc2nnc(-c3cccs3)n2-c2cccc(C(F)(F)F)c2)c1. The average molecular weight is 519 g/mol. The molecular formula is C24H21F3N4O2S2. The lowest BCUT2D eigenvalue weighted by Gasteiger charge is -2.13. The lowest BCUT2D eigenvalue weighted by atomic mass is 10.1. The Balaban J connectivity index is 1.61. The maximum Gasteiger partial charge on any atom is 0.416 e. The smallest absolute Gasteiger partial charge is 0.383 e. The van der Waals surface area contributed by atoms with Crippen LogP contribution in [-0.4, -0.2) is 40.9 Å². The number of thiophene rings is 1. The number of thioether (sulfide) groups is 1. The molecule has 0 spiro atoms. The fourth-order valence-electron chi connectivity index (χ4n) is 3.30. The number of nitrogens with one attached hydrogen (secondary N) is 1. The molecular weight excluding hydrogens is 497 g/mol. The zero-order valence-corrected chi connectivity index (χ0v) is 20.2. The minimum absolute atomic E-state index is 0.207. The van der Waals surface area contributed by atoms with Crippen LogP contribution in [0.3, 0.4) is 0 Å². The molecule has 0 saturated heterocycles. The minimum Gasteiger partial charge on any atom is -0.383 e. The number of carbonyl (C=O) groups excluding carboxylic acids is 1. The number of methoxy groups -OCH3 is 1. The van der Waals surface area contributed by atoms with E-state index in [0.717, 1.165) is 22.6 Å². The Bertz CT molecular complexity index is 1290. The Kier molecular flexibility index (Phi) is 7.89. The van der Waals surface area contributed by atoms with Crippen LogP contribution in [-0.2, 0) is 16.7 Å². The van der Waals surface area contributed by atoms with E-state index >= 15 is 0 Å². The van der Waals surface area contributed by atoms with Crippen molar-refractivity contribution in [1.29, 1.82) is 0 Å². The summed E-state index contributed by atoms with van der Waals surface area (Å²) in [5.41, 5.74) is 0.953. The molecule has 4 rings (SSSR count). The van der Waals surface area contributed by atoms with Gasteiger partial charge in [-0.1, -0.05) is 36.0 Å². The third-order valence-corrected chi connectivity index (χ3v) is 6.82.